The van der Waals surface area contributed by atoms with Crippen LogP contribution in [0.15, 0.2) is 72.3 Å². The summed E-state index contributed by atoms with van der Waals surface area (Å²) in [5, 5.41) is 24.2. The summed E-state index contributed by atoms with van der Waals surface area (Å²) in [6.45, 7) is 14.2. The van der Waals surface area contributed by atoms with Gasteiger partial charge < -0.3 is 38.6 Å². The van der Waals surface area contributed by atoms with E-state index in [1.165, 1.54) is 17.7 Å². The highest BCUT2D eigenvalue weighted by atomic mass is 32.2. The predicted molar refractivity (Wildman–Crippen MR) is 298 cm³/mol. The molecule has 0 aromatic heterocycles. The molecule has 2 aromatic carbocycles. The van der Waals surface area contributed by atoms with E-state index in [2.05, 4.69) is 24.3 Å². The van der Waals surface area contributed by atoms with Gasteiger partial charge in [-0.05, 0) is 151 Å². The number of ketones is 2. The van der Waals surface area contributed by atoms with E-state index in [4.69, 9.17) is 23.5 Å². The number of Topliss-reactive ketones (excluding diaryl/α,β-unsaturated/α-hetero) is 1. The summed E-state index contributed by atoms with van der Waals surface area (Å²) in [5.41, 5.74) is -3.10. The third-order valence-electron chi connectivity index (χ3n) is 17.8. The molecule has 5 aliphatic carbocycles. The normalized spacial score (nSPS) is 31.1. The molecule has 0 spiro atoms. The summed E-state index contributed by atoms with van der Waals surface area (Å²) in [7, 11) is -3.73. The maximum Gasteiger partial charge on any atom is 0.410 e. The highest BCUT2D eigenvalue weighted by Crippen LogP contribution is 2.72. The number of amides is 1. The summed E-state index contributed by atoms with van der Waals surface area (Å²) < 4.78 is 63.5. The number of allylic oxidation sites excluding steroid dienone is 4. The number of alkyl halides is 1. The Kier molecular flexibility index (Phi) is 18.7. The molecule has 1 amide bonds. The minimum absolute atomic E-state index is 0.00148. The van der Waals surface area contributed by atoms with Gasteiger partial charge >= 0.3 is 6.09 Å². The fourth-order valence-electron chi connectivity index (χ4n) is 14.0. The van der Waals surface area contributed by atoms with E-state index >= 15 is 9.18 Å². The summed E-state index contributed by atoms with van der Waals surface area (Å²) in [6, 6.07) is 15.8. The molecule has 2 unspecified atom stereocenters. The third-order valence-corrected chi connectivity index (χ3v) is 20.0. The van der Waals surface area contributed by atoms with Crippen molar-refractivity contribution in [3.05, 3.63) is 89.0 Å². The van der Waals surface area contributed by atoms with Crippen LogP contribution in [0.2, 0.25) is 0 Å². The number of unbranched alkanes of at least 4 members (excludes halogenated alkanes) is 4. The number of halogens is 1. The number of ether oxygens (including phenoxy) is 4. The Hall–Kier alpha value is -3.36. The number of carbonyl (C=O) groups is 3. The minimum Gasteiger partial charge on any atom is -0.444 e. The molecule has 11 atom stereocenters. The first-order valence-corrected chi connectivity index (χ1v) is 32.9. The van der Waals surface area contributed by atoms with Crippen LogP contribution in [0.5, 0.6) is 5.75 Å². The van der Waals surface area contributed by atoms with Crippen LogP contribution >= 0.6 is 7.37 Å². The molecule has 0 radical (unpaired) electrons. The molecule has 6 aliphatic rings. The number of aliphatic hydroxyl groups excluding tert-OH is 2. The molecule has 8 rings (SSSR count). The summed E-state index contributed by atoms with van der Waals surface area (Å²) in [6.07, 6.45) is 15.5. The fourth-order valence-corrected chi connectivity index (χ4v) is 16.2. The van der Waals surface area contributed by atoms with Crippen LogP contribution in [-0.2, 0) is 56.2 Å². The van der Waals surface area contributed by atoms with E-state index in [0.29, 0.717) is 60.6 Å². The Morgan fingerprint density at radius 3 is 2.38 bits per heavy atom. The zero-order chi connectivity index (χ0) is 54.7. The molecule has 1 heterocycles. The highest BCUT2D eigenvalue weighted by molar-refractivity contribution is 7.96. The number of nitrogens with zero attached hydrogens (tertiary/aromatic N) is 1. The van der Waals surface area contributed by atoms with E-state index < -0.39 is 82.6 Å². The number of rotatable bonds is 23. The van der Waals surface area contributed by atoms with Crippen LogP contribution in [0.25, 0.3) is 0 Å². The Labute approximate surface area is 455 Å². The molecule has 420 valence electrons. The lowest BCUT2D eigenvalue weighted by Gasteiger charge is -2.62. The number of carbonyl (C=O) groups excluding carboxylic acids is 3. The van der Waals surface area contributed by atoms with E-state index in [-0.39, 0.29) is 42.1 Å². The number of benzene rings is 2. The van der Waals surface area contributed by atoms with Gasteiger partial charge in [0.05, 0.1) is 31.1 Å². The second kappa shape index (κ2) is 24.2. The van der Waals surface area contributed by atoms with Gasteiger partial charge in [-0.25, -0.2) is 9.18 Å². The smallest absolute Gasteiger partial charge is 0.410 e. The van der Waals surface area contributed by atoms with Crippen LogP contribution in [0, 0.1) is 28.6 Å². The fraction of sp³-hybridized carbons (Fsp3) is 0.689. The predicted octanol–water partition coefficient (Wildman–Crippen LogP) is 11.8. The van der Waals surface area contributed by atoms with Gasteiger partial charge in [0.1, 0.15) is 17.1 Å². The van der Waals surface area contributed by atoms with E-state index in [0.717, 1.165) is 83.7 Å². The summed E-state index contributed by atoms with van der Waals surface area (Å²) >= 11 is 0. The molecule has 76 heavy (non-hydrogen) atoms. The molecule has 1 aliphatic heterocycles. The van der Waals surface area contributed by atoms with Crippen molar-refractivity contribution in [3.8, 4) is 5.75 Å². The van der Waals surface area contributed by atoms with Crippen molar-refractivity contribution in [2.24, 2.45) is 28.6 Å². The molecular weight excluding hydrogens is 1000 g/mol. The van der Waals surface area contributed by atoms with Crippen LogP contribution in [0.4, 0.5) is 9.18 Å². The molecule has 2 N–H and O–H groups in total. The second-order valence-electron chi connectivity index (χ2n) is 24.9. The van der Waals surface area contributed by atoms with Gasteiger partial charge in [0.15, 0.2) is 29.1 Å². The van der Waals surface area contributed by atoms with Gasteiger partial charge in [-0.2, -0.15) is 0 Å². The maximum absolute atomic E-state index is 18.3. The van der Waals surface area contributed by atoms with Crippen LogP contribution in [-0.4, -0.2) is 120 Å². The molecule has 2 aromatic rings. The average Bonchev–Trinajstić information content (AvgIpc) is 4.09. The van der Waals surface area contributed by atoms with E-state index in [1.54, 1.807) is 43.4 Å². The number of fused-ring (bicyclic) bond motifs is 7. The van der Waals surface area contributed by atoms with E-state index in [1.807, 2.05) is 46.1 Å². The topological polar surface area (TPSA) is 158 Å². The molecule has 12 nitrogen and oxygen atoms in total. The molecule has 5 fully saturated rings. The molecule has 1 saturated heterocycles. The lowest BCUT2D eigenvalue weighted by molar-refractivity contribution is -0.234. The van der Waals surface area contributed by atoms with Gasteiger partial charge in [0.2, 0.25) is 13.2 Å². The van der Waals surface area contributed by atoms with Gasteiger partial charge in [-0.15, -0.1) is 0 Å². The van der Waals surface area contributed by atoms with Gasteiger partial charge in [0.25, 0.3) is 0 Å². The monoisotopic (exact) mass is 1090 g/mol. The number of aryl methyl sites for hydroxylation is 1. The largest absolute Gasteiger partial charge is 0.444 e. The molecular formula is C61H88FNO11PS+. The highest BCUT2D eigenvalue weighted by Gasteiger charge is 2.80. The van der Waals surface area contributed by atoms with E-state index in [9.17, 15) is 24.4 Å². The van der Waals surface area contributed by atoms with Crippen LogP contribution in [0.1, 0.15) is 154 Å². The Balaban J connectivity index is 0.955. The lowest BCUT2D eigenvalue weighted by Crippen LogP contribution is -2.70. The Bertz CT molecular complexity index is 2470. The van der Waals surface area contributed by atoms with Crippen molar-refractivity contribution in [3.63, 3.8) is 0 Å². The minimum atomic E-state index is -3.06. The van der Waals surface area contributed by atoms with Crippen molar-refractivity contribution in [1.82, 2.24) is 4.90 Å². The summed E-state index contributed by atoms with van der Waals surface area (Å²) in [5.74, 6) is -0.266. The number of aliphatic hydroxyl groups is 2. The first-order chi connectivity index (χ1) is 36.0. The van der Waals surface area contributed by atoms with Crippen molar-refractivity contribution >= 4 is 35.9 Å². The van der Waals surface area contributed by atoms with Crippen molar-refractivity contribution in [1.29, 1.82) is 0 Å². The molecule has 4 saturated carbocycles. The average molecular weight is 1090 g/mol. The van der Waals surface area contributed by atoms with Gasteiger partial charge in [-0.1, -0.05) is 87.1 Å². The van der Waals surface area contributed by atoms with Crippen molar-refractivity contribution < 1.29 is 57.0 Å². The molecule has 15 heteroatoms. The first kappa shape index (κ1) is 58.8. The number of hydrogen-bond acceptors (Lipinski definition) is 11. The van der Waals surface area contributed by atoms with Crippen LogP contribution < -0.4 is 4.52 Å². The van der Waals surface area contributed by atoms with Crippen LogP contribution in [0.3, 0.4) is 0 Å². The third kappa shape index (κ3) is 12.6. The molecule has 0 bridgehead atoms. The SMILES string of the molecule is C[S+](CC(=O)[C@@]12O[C@H](C3CCCCC3)O[C@@H]1C[C@H]1[C@@H]3CCC4=CC(=O)C=C[C@]4(C)[C@@]3(F)[C@@H](O)C[C@@]12C)Cc1cc(C(O)CN(CCCCCCOCCCCc2ccccc2)C(=O)OC(C)(C)C)ccc1OP(C)(C)=O. The quantitative estimate of drug-likeness (QED) is 0.0620. The van der Waals surface area contributed by atoms with Gasteiger partial charge in [0, 0.05) is 61.3 Å². The second-order valence-corrected chi connectivity index (χ2v) is 29.7. The first-order valence-electron chi connectivity index (χ1n) is 28.4. The number of hydrogen-bond donors (Lipinski definition) is 2. The lowest BCUT2D eigenvalue weighted by atomic mass is 9.44. The Morgan fingerprint density at radius 1 is 0.961 bits per heavy atom. The van der Waals surface area contributed by atoms with Gasteiger partial charge in [-0.3, -0.25) is 14.2 Å². The van der Waals surface area contributed by atoms with Crippen molar-refractivity contribution in [2.75, 3.05) is 51.6 Å². The zero-order valence-corrected chi connectivity index (χ0v) is 48.4. The summed E-state index contributed by atoms with van der Waals surface area (Å²) in [4.78, 5) is 43.4. The zero-order valence-electron chi connectivity index (χ0n) is 46.7. The maximum atomic E-state index is 18.3. The van der Waals surface area contributed by atoms with Crippen molar-refractivity contribution in [2.45, 2.75) is 185 Å². The standard InChI is InChI=1S/C61H88FNO11PS/c1-57(2,3)73-56(68)63(32-18-9-10-19-33-70-34-20-17-23-42-21-13-11-14-22-42)39-50(65)44-26-29-51(74-75(6,7)69)45(35-44)40-76(8)41-53(67)61-54(71-55(72-61)43-24-15-12-16-25-43)37-49-48-28-27-46-36-47(64)30-31-58(46,4)60(48,62)52(66)38-59(49,61)5/h11,13-14,21-22,26,29-31,35-36,43,48-50,52,54-55,65-66H,9-10,12,15-20,23-25,27-28,32-34,37-41H2,1-8H3/q+1/t48-,49-,50?,52-,54+,55+,58-,59-,60-,61+,76?/m0/s1. The Morgan fingerprint density at radius 2 is 1.67 bits per heavy atom.